The van der Waals surface area contributed by atoms with E-state index in [4.69, 9.17) is 9.84 Å². The van der Waals surface area contributed by atoms with Gasteiger partial charge < -0.3 is 9.84 Å². The Morgan fingerprint density at radius 3 is 2.70 bits per heavy atom. The Hall–Kier alpha value is -0.0800. The summed E-state index contributed by atoms with van der Waals surface area (Å²) in [6.45, 7) is 5.35. The molecule has 1 N–H and O–H groups in total. The number of aliphatic hydroxyl groups excluding tert-OH is 1. The van der Waals surface area contributed by atoms with Crippen LogP contribution in [-0.4, -0.2) is 24.4 Å². The second kappa shape index (κ2) is 3.35. The van der Waals surface area contributed by atoms with Gasteiger partial charge in [0.2, 0.25) is 0 Å². The molecule has 1 fully saturated rings. The highest BCUT2D eigenvalue weighted by Crippen LogP contribution is 2.25. The van der Waals surface area contributed by atoms with Crippen molar-refractivity contribution in [3.63, 3.8) is 0 Å². The molecule has 0 aromatic carbocycles. The SMILES string of the molecule is C[C@H]1[C@H](CO)OCC[C@@H]1C. The Morgan fingerprint density at radius 2 is 2.20 bits per heavy atom. The molecule has 0 aliphatic carbocycles. The molecule has 0 unspecified atom stereocenters. The van der Waals surface area contributed by atoms with Crippen molar-refractivity contribution in [3.05, 3.63) is 0 Å². The fourth-order valence-corrected chi connectivity index (χ4v) is 1.41. The van der Waals surface area contributed by atoms with E-state index >= 15 is 0 Å². The standard InChI is InChI=1S/C8H16O2/c1-6-3-4-10-8(5-9)7(6)2/h6-9H,3-5H2,1-2H3/t6-,7+,8-/m0/s1. The fourth-order valence-electron chi connectivity index (χ4n) is 1.41. The largest absolute Gasteiger partial charge is 0.394 e. The zero-order chi connectivity index (χ0) is 7.56. The van der Waals surface area contributed by atoms with Crippen LogP contribution in [0.1, 0.15) is 20.3 Å². The molecule has 0 bridgehead atoms. The lowest BCUT2D eigenvalue weighted by molar-refractivity contribution is -0.0710. The van der Waals surface area contributed by atoms with Gasteiger partial charge in [-0.15, -0.1) is 0 Å². The first kappa shape index (κ1) is 8.02. The second-order valence-electron chi connectivity index (χ2n) is 3.22. The second-order valence-corrected chi connectivity index (χ2v) is 3.22. The Bertz CT molecular complexity index is 103. The monoisotopic (exact) mass is 144 g/mol. The van der Waals surface area contributed by atoms with Gasteiger partial charge in [0, 0.05) is 6.61 Å². The van der Waals surface area contributed by atoms with Gasteiger partial charge in [-0.3, -0.25) is 0 Å². The molecule has 0 saturated carbocycles. The highest BCUT2D eigenvalue weighted by molar-refractivity contribution is 4.74. The van der Waals surface area contributed by atoms with E-state index in [0.717, 1.165) is 13.0 Å². The maximum absolute atomic E-state index is 8.85. The third-order valence-corrected chi connectivity index (χ3v) is 2.57. The quantitative estimate of drug-likeness (QED) is 0.596. The lowest BCUT2D eigenvalue weighted by Crippen LogP contribution is -2.35. The number of hydrogen-bond acceptors (Lipinski definition) is 2. The summed E-state index contributed by atoms with van der Waals surface area (Å²) in [7, 11) is 0. The van der Waals surface area contributed by atoms with Crippen LogP contribution in [0.25, 0.3) is 0 Å². The smallest absolute Gasteiger partial charge is 0.0833 e. The summed E-state index contributed by atoms with van der Waals surface area (Å²) >= 11 is 0. The number of aliphatic hydroxyl groups is 1. The minimum Gasteiger partial charge on any atom is -0.394 e. The molecular formula is C8H16O2. The average Bonchev–Trinajstić information content (AvgIpc) is 1.95. The van der Waals surface area contributed by atoms with Crippen molar-refractivity contribution in [1.82, 2.24) is 0 Å². The predicted molar refractivity (Wildman–Crippen MR) is 39.8 cm³/mol. The first-order valence-electron chi connectivity index (χ1n) is 3.98. The molecule has 2 heteroatoms. The molecule has 60 valence electrons. The van der Waals surface area contributed by atoms with E-state index in [1.54, 1.807) is 0 Å². The minimum atomic E-state index is 0.0868. The molecule has 0 radical (unpaired) electrons. The molecule has 10 heavy (non-hydrogen) atoms. The Labute approximate surface area is 62.2 Å². The van der Waals surface area contributed by atoms with Gasteiger partial charge in [0.15, 0.2) is 0 Å². The number of hydrogen-bond donors (Lipinski definition) is 1. The summed E-state index contributed by atoms with van der Waals surface area (Å²) < 4.78 is 5.36. The molecular weight excluding hydrogens is 128 g/mol. The van der Waals surface area contributed by atoms with Gasteiger partial charge in [0.1, 0.15) is 0 Å². The highest BCUT2D eigenvalue weighted by Gasteiger charge is 2.26. The van der Waals surface area contributed by atoms with Gasteiger partial charge in [-0.25, -0.2) is 0 Å². The predicted octanol–water partition coefficient (Wildman–Crippen LogP) is 1.04. The summed E-state index contributed by atoms with van der Waals surface area (Å²) in [4.78, 5) is 0. The first-order valence-corrected chi connectivity index (χ1v) is 3.98. The van der Waals surface area contributed by atoms with Crippen molar-refractivity contribution in [3.8, 4) is 0 Å². The van der Waals surface area contributed by atoms with E-state index in [0.29, 0.717) is 11.8 Å². The van der Waals surface area contributed by atoms with E-state index in [1.165, 1.54) is 0 Å². The van der Waals surface area contributed by atoms with Crippen LogP contribution >= 0.6 is 0 Å². The Balaban J connectivity index is 2.42. The van der Waals surface area contributed by atoms with Crippen molar-refractivity contribution in [2.75, 3.05) is 13.2 Å². The molecule has 1 heterocycles. The van der Waals surface area contributed by atoms with Crippen LogP contribution in [0.5, 0.6) is 0 Å². The van der Waals surface area contributed by atoms with Crippen molar-refractivity contribution >= 4 is 0 Å². The van der Waals surface area contributed by atoms with Gasteiger partial charge in [-0.05, 0) is 18.3 Å². The van der Waals surface area contributed by atoms with Gasteiger partial charge in [-0.2, -0.15) is 0 Å². The van der Waals surface area contributed by atoms with Crippen LogP contribution < -0.4 is 0 Å². The molecule has 1 aliphatic heterocycles. The van der Waals surface area contributed by atoms with E-state index in [-0.39, 0.29) is 12.7 Å². The fraction of sp³-hybridized carbons (Fsp3) is 1.00. The third-order valence-electron chi connectivity index (χ3n) is 2.57. The minimum absolute atomic E-state index is 0.0868. The van der Waals surface area contributed by atoms with Crippen LogP contribution in [0.3, 0.4) is 0 Å². The molecule has 1 rings (SSSR count). The van der Waals surface area contributed by atoms with Crippen molar-refractivity contribution in [2.45, 2.75) is 26.4 Å². The molecule has 1 aliphatic rings. The van der Waals surface area contributed by atoms with Crippen LogP contribution in [0.2, 0.25) is 0 Å². The molecule has 0 spiro atoms. The summed E-state index contributed by atoms with van der Waals surface area (Å²) in [5.41, 5.74) is 0. The van der Waals surface area contributed by atoms with Crippen LogP contribution in [-0.2, 0) is 4.74 Å². The number of ether oxygens (including phenoxy) is 1. The van der Waals surface area contributed by atoms with Crippen LogP contribution in [0.4, 0.5) is 0 Å². The van der Waals surface area contributed by atoms with Crippen molar-refractivity contribution in [1.29, 1.82) is 0 Å². The maximum Gasteiger partial charge on any atom is 0.0833 e. The topological polar surface area (TPSA) is 29.5 Å². The molecule has 1 saturated heterocycles. The highest BCUT2D eigenvalue weighted by atomic mass is 16.5. The summed E-state index contributed by atoms with van der Waals surface area (Å²) in [6, 6.07) is 0. The van der Waals surface area contributed by atoms with E-state index < -0.39 is 0 Å². The Kier molecular flexibility index (Phi) is 2.69. The third kappa shape index (κ3) is 1.50. The maximum atomic E-state index is 8.85. The normalized spacial score (nSPS) is 41.7. The summed E-state index contributed by atoms with van der Waals surface area (Å²) in [6.07, 6.45) is 1.22. The zero-order valence-corrected chi connectivity index (χ0v) is 6.71. The van der Waals surface area contributed by atoms with Gasteiger partial charge in [0.25, 0.3) is 0 Å². The average molecular weight is 144 g/mol. The molecule has 3 atom stereocenters. The van der Waals surface area contributed by atoms with Crippen molar-refractivity contribution in [2.24, 2.45) is 11.8 Å². The van der Waals surface area contributed by atoms with Crippen LogP contribution in [0.15, 0.2) is 0 Å². The molecule has 0 amide bonds. The first-order chi connectivity index (χ1) is 4.75. The summed E-state index contributed by atoms with van der Waals surface area (Å²) in [5.74, 6) is 1.21. The van der Waals surface area contributed by atoms with Gasteiger partial charge in [0.05, 0.1) is 12.7 Å². The summed E-state index contributed by atoms with van der Waals surface area (Å²) in [5, 5.41) is 8.85. The molecule has 2 nitrogen and oxygen atoms in total. The van der Waals surface area contributed by atoms with Gasteiger partial charge >= 0.3 is 0 Å². The number of rotatable bonds is 1. The van der Waals surface area contributed by atoms with Crippen molar-refractivity contribution < 1.29 is 9.84 Å². The van der Waals surface area contributed by atoms with E-state index in [9.17, 15) is 0 Å². The van der Waals surface area contributed by atoms with Crippen LogP contribution in [0, 0.1) is 11.8 Å². The van der Waals surface area contributed by atoms with E-state index in [1.807, 2.05) is 0 Å². The lowest BCUT2D eigenvalue weighted by Gasteiger charge is -2.32. The zero-order valence-electron chi connectivity index (χ0n) is 6.71. The lowest BCUT2D eigenvalue weighted by atomic mass is 9.86. The molecule has 0 aromatic heterocycles. The van der Waals surface area contributed by atoms with Gasteiger partial charge in [-0.1, -0.05) is 13.8 Å². The Morgan fingerprint density at radius 1 is 1.50 bits per heavy atom. The van der Waals surface area contributed by atoms with E-state index in [2.05, 4.69) is 13.8 Å². The molecule has 0 aromatic rings.